The number of alkyl halides is 2. The van der Waals surface area contributed by atoms with E-state index in [-0.39, 0.29) is 18.7 Å². The molecule has 7 heteroatoms. The molecule has 4 nitrogen and oxygen atoms in total. The number of carbonyl (C=O) groups excluding carboxylic acids is 1. The Kier molecular flexibility index (Phi) is 7.32. The lowest BCUT2D eigenvalue weighted by Crippen LogP contribution is -2.38. The highest BCUT2D eigenvalue weighted by Gasteiger charge is 2.10. The third-order valence-corrected chi connectivity index (χ3v) is 3.37. The quantitative estimate of drug-likeness (QED) is 0.677. The second-order valence-electron chi connectivity index (χ2n) is 4.12. The second-order valence-corrected chi connectivity index (χ2v) is 5.18. The van der Waals surface area contributed by atoms with Crippen molar-refractivity contribution in [3.63, 3.8) is 0 Å². The number of aliphatic hydroxyl groups excluding tert-OH is 1. The van der Waals surface area contributed by atoms with E-state index in [2.05, 4.69) is 10.6 Å². The SMILES string of the molecule is CC[C@H](CCO)NC(=O)Nc1ccc(SC(F)F)cc1. The van der Waals surface area contributed by atoms with Crippen LogP contribution in [0.25, 0.3) is 0 Å². The van der Waals surface area contributed by atoms with Gasteiger partial charge in [-0.1, -0.05) is 18.7 Å². The van der Waals surface area contributed by atoms with Crippen LogP contribution in [-0.4, -0.2) is 29.5 Å². The van der Waals surface area contributed by atoms with Crippen molar-refractivity contribution in [1.82, 2.24) is 5.32 Å². The van der Waals surface area contributed by atoms with Crippen molar-refractivity contribution < 1.29 is 18.7 Å². The lowest BCUT2D eigenvalue weighted by molar-refractivity contribution is 0.237. The van der Waals surface area contributed by atoms with E-state index in [0.717, 1.165) is 6.42 Å². The van der Waals surface area contributed by atoms with Gasteiger partial charge in [0.2, 0.25) is 0 Å². The minimum absolute atomic E-state index is 0.0122. The first-order valence-electron chi connectivity index (χ1n) is 6.28. The fourth-order valence-corrected chi connectivity index (χ4v) is 2.11. The number of urea groups is 1. The highest BCUT2D eigenvalue weighted by Crippen LogP contribution is 2.26. The molecule has 1 aromatic rings. The van der Waals surface area contributed by atoms with Crippen LogP contribution in [0.2, 0.25) is 0 Å². The molecule has 0 aromatic heterocycles. The minimum Gasteiger partial charge on any atom is -0.396 e. The molecule has 0 radical (unpaired) electrons. The van der Waals surface area contributed by atoms with Crippen molar-refractivity contribution in [2.75, 3.05) is 11.9 Å². The summed E-state index contributed by atoms with van der Waals surface area (Å²) in [5.41, 5.74) is 0.528. The van der Waals surface area contributed by atoms with Gasteiger partial charge in [-0.25, -0.2) is 4.79 Å². The summed E-state index contributed by atoms with van der Waals surface area (Å²) in [6.07, 6.45) is 1.21. The molecule has 20 heavy (non-hydrogen) atoms. The van der Waals surface area contributed by atoms with Gasteiger partial charge in [0.25, 0.3) is 5.76 Å². The summed E-state index contributed by atoms with van der Waals surface area (Å²) in [6, 6.07) is 5.72. The van der Waals surface area contributed by atoms with E-state index in [0.29, 0.717) is 28.8 Å². The molecule has 2 amide bonds. The van der Waals surface area contributed by atoms with Crippen LogP contribution in [0.5, 0.6) is 0 Å². The van der Waals surface area contributed by atoms with Gasteiger partial charge in [-0.3, -0.25) is 0 Å². The largest absolute Gasteiger partial charge is 0.396 e. The zero-order valence-corrected chi connectivity index (χ0v) is 11.9. The summed E-state index contributed by atoms with van der Waals surface area (Å²) in [5.74, 6) is -2.46. The van der Waals surface area contributed by atoms with Gasteiger partial charge in [0.05, 0.1) is 0 Å². The number of halogens is 2. The fraction of sp³-hybridized carbons (Fsp3) is 0.462. The number of benzene rings is 1. The van der Waals surface area contributed by atoms with E-state index in [9.17, 15) is 13.6 Å². The number of carbonyl (C=O) groups is 1. The molecule has 0 saturated heterocycles. The topological polar surface area (TPSA) is 61.4 Å². The Hall–Kier alpha value is -1.34. The maximum absolute atomic E-state index is 12.1. The number of aliphatic hydroxyl groups is 1. The van der Waals surface area contributed by atoms with Crippen LogP contribution in [0, 0.1) is 0 Å². The van der Waals surface area contributed by atoms with Crippen molar-refractivity contribution in [2.24, 2.45) is 0 Å². The van der Waals surface area contributed by atoms with Gasteiger partial charge in [0.1, 0.15) is 0 Å². The normalized spacial score (nSPS) is 12.2. The first-order chi connectivity index (χ1) is 9.55. The highest BCUT2D eigenvalue weighted by molar-refractivity contribution is 7.99. The smallest absolute Gasteiger partial charge is 0.319 e. The van der Waals surface area contributed by atoms with E-state index in [1.54, 1.807) is 12.1 Å². The molecular weight excluding hydrogens is 286 g/mol. The standard InChI is InChI=1S/C13H18F2N2O2S/c1-2-9(7-8-18)16-13(19)17-10-3-5-11(6-4-10)20-12(14)15/h3-6,9,12,18H,2,7-8H2,1H3,(H2,16,17,19)/t9-/m1/s1. The average Bonchev–Trinajstić information content (AvgIpc) is 2.40. The Balaban J connectivity index is 2.49. The zero-order chi connectivity index (χ0) is 15.0. The van der Waals surface area contributed by atoms with Crippen LogP contribution in [0.3, 0.4) is 0 Å². The molecule has 0 spiro atoms. The maximum Gasteiger partial charge on any atom is 0.319 e. The monoisotopic (exact) mass is 304 g/mol. The van der Waals surface area contributed by atoms with Crippen LogP contribution in [0.4, 0.5) is 19.3 Å². The van der Waals surface area contributed by atoms with Crippen LogP contribution < -0.4 is 10.6 Å². The van der Waals surface area contributed by atoms with Crippen molar-refractivity contribution >= 4 is 23.5 Å². The van der Waals surface area contributed by atoms with Gasteiger partial charge in [0.15, 0.2) is 0 Å². The number of amides is 2. The Labute approximate surface area is 120 Å². The van der Waals surface area contributed by atoms with E-state index in [1.807, 2.05) is 6.92 Å². The summed E-state index contributed by atoms with van der Waals surface area (Å²) >= 11 is 0.457. The Morgan fingerprint density at radius 2 is 2.00 bits per heavy atom. The number of rotatable bonds is 7. The first-order valence-corrected chi connectivity index (χ1v) is 7.16. The Morgan fingerprint density at radius 1 is 1.35 bits per heavy atom. The number of anilines is 1. The molecule has 0 heterocycles. The lowest BCUT2D eigenvalue weighted by Gasteiger charge is -2.16. The molecule has 0 fully saturated rings. The summed E-state index contributed by atoms with van der Waals surface area (Å²) in [6.45, 7) is 1.93. The molecule has 1 atom stereocenters. The molecule has 0 aliphatic carbocycles. The Bertz CT molecular complexity index is 415. The lowest BCUT2D eigenvalue weighted by atomic mass is 10.2. The number of hydrogen-bond donors (Lipinski definition) is 3. The van der Waals surface area contributed by atoms with Gasteiger partial charge >= 0.3 is 6.03 Å². The number of hydrogen-bond acceptors (Lipinski definition) is 3. The average molecular weight is 304 g/mol. The predicted octanol–water partition coefficient (Wildman–Crippen LogP) is 3.28. The van der Waals surface area contributed by atoms with Crippen LogP contribution in [-0.2, 0) is 0 Å². The summed E-state index contributed by atoms with van der Waals surface area (Å²) < 4.78 is 24.3. The summed E-state index contributed by atoms with van der Waals surface area (Å²) in [4.78, 5) is 12.1. The molecule has 0 saturated carbocycles. The molecule has 112 valence electrons. The molecule has 3 N–H and O–H groups in total. The van der Waals surface area contributed by atoms with Crippen LogP contribution in [0.1, 0.15) is 19.8 Å². The van der Waals surface area contributed by atoms with Gasteiger partial charge in [-0.15, -0.1) is 0 Å². The van der Waals surface area contributed by atoms with Crippen molar-refractivity contribution in [3.05, 3.63) is 24.3 Å². The fourth-order valence-electron chi connectivity index (χ4n) is 1.61. The van der Waals surface area contributed by atoms with Gasteiger partial charge in [0, 0.05) is 23.2 Å². The molecule has 0 aliphatic rings. The van der Waals surface area contributed by atoms with E-state index in [4.69, 9.17) is 5.11 Å². The molecular formula is C13H18F2N2O2S. The highest BCUT2D eigenvalue weighted by atomic mass is 32.2. The second kappa shape index (κ2) is 8.76. The van der Waals surface area contributed by atoms with Crippen molar-refractivity contribution in [3.8, 4) is 0 Å². The maximum atomic E-state index is 12.1. The third kappa shape index (κ3) is 6.21. The van der Waals surface area contributed by atoms with Gasteiger partial charge in [-0.05, 0) is 37.1 Å². The van der Waals surface area contributed by atoms with Crippen LogP contribution >= 0.6 is 11.8 Å². The van der Waals surface area contributed by atoms with Crippen molar-refractivity contribution in [2.45, 2.75) is 36.5 Å². The van der Waals surface area contributed by atoms with E-state index >= 15 is 0 Å². The zero-order valence-electron chi connectivity index (χ0n) is 11.1. The summed E-state index contributed by atoms with van der Waals surface area (Å²) in [7, 11) is 0. The number of thioether (sulfide) groups is 1. The van der Waals surface area contributed by atoms with Crippen molar-refractivity contribution in [1.29, 1.82) is 0 Å². The predicted molar refractivity (Wildman–Crippen MR) is 76.2 cm³/mol. The van der Waals surface area contributed by atoms with Crippen LogP contribution in [0.15, 0.2) is 29.2 Å². The molecule has 1 aromatic carbocycles. The molecule has 0 aliphatic heterocycles. The molecule has 0 unspecified atom stereocenters. The van der Waals surface area contributed by atoms with E-state index in [1.165, 1.54) is 12.1 Å². The first kappa shape index (κ1) is 16.7. The van der Waals surface area contributed by atoms with E-state index < -0.39 is 5.76 Å². The number of nitrogens with one attached hydrogen (secondary N) is 2. The minimum atomic E-state index is -2.46. The molecule has 1 rings (SSSR count). The molecule has 0 bridgehead atoms. The Morgan fingerprint density at radius 3 is 2.50 bits per heavy atom. The van der Waals surface area contributed by atoms with Gasteiger partial charge in [-0.2, -0.15) is 8.78 Å². The summed E-state index contributed by atoms with van der Waals surface area (Å²) in [5, 5.41) is 14.2. The van der Waals surface area contributed by atoms with Gasteiger partial charge < -0.3 is 15.7 Å². The third-order valence-electron chi connectivity index (χ3n) is 2.64.